The molecule has 1 aromatic carbocycles. The van der Waals surface area contributed by atoms with Crippen molar-refractivity contribution in [3.8, 4) is 5.75 Å². The summed E-state index contributed by atoms with van der Waals surface area (Å²) in [6.45, 7) is 6.12. The van der Waals surface area contributed by atoms with Crippen molar-refractivity contribution < 1.29 is 13.9 Å². The number of ether oxygens (including phenoxy) is 1. The van der Waals surface area contributed by atoms with Gasteiger partial charge in [-0.25, -0.2) is 14.8 Å². The summed E-state index contributed by atoms with van der Waals surface area (Å²) in [6, 6.07) is 8.41. The molecule has 0 aliphatic carbocycles. The predicted octanol–water partition coefficient (Wildman–Crippen LogP) is 2.01. The molecule has 1 unspecified atom stereocenters. The number of rotatable bonds is 4. The Morgan fingerprint density at radius 3 is 2.59 bits per heavy atom. The second kappa shape index (κ2) is 7.90. The van der Waals surface area contributed by atoms with Crippen molar-refractivity contribution in [2.75, 3.05) is 31.1 Å². The maximum Gasteiger partial charge on any atom is 0.336 e. The molecule has 3 heterocycles. The Balaban J connectivity index is 1.40. The molecule has 0 N–H and O–H groups in total. The molecule has 8 heteroatoms. The van der Waals surface area contributed by atoms with Gasteiger partial charge in [-0.1, -0.05) is 0 Å². The molecular weight excluding hydrogens is 372 g/mol. The first-order chi connectivity index (χ1) is 14.0. The van der Waals surface area contributed by atoms with Gasteiger partial charge in [-0.05, 0) is 43.7 Å². The quantitative estimate of drug-likeness (QED) is 0.626. The van der Waals surface area contributed by atoms with Crippen LogP contribution in [0, 0.1) is 6.92 Å². The van der Waals surface area contributed by atoms with Crippen LogP contribution in [0.3, 0.4) is 0 Å². The number of aromatic nitrogens is 2. The van der Waals surface area contributed by atoms with Gasteiger partial charge in [-0.2, -0.15) is 0 Å². The summed E-state index contributed by atoms with van der Waals surface area (Å²) in [6.07, 6.45) is 2.81. The van der Waals surface area contributed by atoms with Gasteiger partial charge >= 0.3 is 5.63 Å². The molecule has 1 aliphatic rings. The van der Waals surface area contributed by atoms with Crippen LogP contribution in [0.25, 0.3) is 11.0 Å². The minimum absolute atomic E-state index is 0.0601. The fourth-order valence-corrected chi connectivity index (χ4v) is 3.46. The Bertz CT molecular complexity index is 1070. The lowest BCUT2D eigenvalue weighted by Gasteiger charge is -2.35. The SMILES string of the molecule is Cc1cc(=O)oc2ccc(OC(C)C(=O)N3CCN(c4ncccn4)CC3)cc12. The van der Waals surface area contributed by atoms with Gasteiger partial charge in [0.2, 0.25) is 5.95 Å². The third-order valence-electron chi connectivity index (χ3n) is 5.01. The predicted molar refractivity (Wildman–Crippen MR) is 108 cm³/mol. The Morgan fingerprint density at radius 1 is 1.14 bits per heavy atom. The number of fused-ring (bicyclic) bond motifs is 1. The Hall–Kier alpha value is -3.42. The number of benzene rings is 1. The second-order valence-electron chi connectivity index (χ2n) is 7.03. The van der Waals surface area contributed by atoms with Gasteiger partial charge in [0.05, 0.1) is 0 Å². The highest BCUT2D eigenvalue weighted by molar-refractivity contribution is 5.83. The van der Waals surface area contributed by atoms with Crippen molar-refractivity contribution in [1.82, 2.24) is 14.9 Å². The van der Waals surface area contributed by atoms with E-state index in [0.29, 0.717) is 43.5 Å². The van der Waals surface area contributed by atoms with E-state index in [-0.39, 0.29) is 11.5 Å². The summed E-state index contributed by atoms with van der Waals surface area (Å²) >= 11 is 0. The highest BCUT2D eigenvalue weighted by Crippen LogP contribution is 2.23. The van der Waals surface area contributed by atoms with Crippen molar-refractivity contribution in [2.45, 2.75) is 20.0 Å². The van der Waals surface area contributed by atoms with Gasteiger partial charge in [0.1, 0.15) is 11.3 Å². The van der Waals surface area contributed by atoms with Gasteiger partial charge in [0.15, 0.2) is 6.10 Å². The van der Waals surface area contributed by atoms with Crippen LogP contribution in [-0.2, 0) is 4.79 Å². The monoisotopic (exact) mass is 394 g/mol. The Kier molecular flexibility index (Phi) is 5.16. The van der Waals surface area contributed by atoms with Crippen LogP contribution in [0.4, 0.5) is 5.95 Å². The fraction of sp³-hybridized carbons (Fsp3) is 0.333. The van der Waals surface area contributed by atoms with E-state index >= 15 is 0 Å². The van der Waals surface area contributed by atoms with Crippen molar-refractivity contribution in [3.63, 3.8) is 0 Å². The smallest absolute Gasteiger partial charge is 0.336 e. The van der Waals surface area contributed by atoms with E-state index in [4.69, 9.17) is 9.15 Å². The van der Waals surface area contributed by atoms with E-state index in [9.17, 15) is 9.59 Å². The molecule has 8 nitrogen and oxygen atoms in total. The van der Waals surface area contributed by atoms with Gasteiger partial charge in [-0.15, -0.1) is 0 Å². The molecule has 1 saturated heterocycles. The van der Waals surface area contributed by atoms with Crippen molar-refractivity contribution in [3.05, 3.63) is 58.7 Å². The van der Waals surface area contributed by atoms with Crippen LogP contribution >= 0.6 is 0 Å². The number of hydrogen-bond acceptors (Lipinski definition) is 7. The van der Waals surface area contributed by atoms with Crippen LogP contribution in [0.5, 0.6) is 5.75 Å². The first kappa shape index (κ1) is 18.9. The molecule has 1 aliphatic heterocycles. The standard InChI is InChI=1S/C21H22N4O4/c1-14-12-19(26)29-18-5-4-16(13-17(14)18)28-15(2)20(27)24-8-10-25(11-9-24)21-22-6-3-7-23-21/h3-7,12-13,15H,8-11H2,1-2H3. The van der Waals surface area contributed by atoms with Crippen molar-refractivity contribution >= 4 is 22.8 Å². The molecule has 0 spiro atoms. The summed E-state index contributed by atoms with van der Waals surface area (Å²) < 4.78 is 11.1. The van der Waals surface area contributed by atoms with Crippen molar-refractivity contribution in [1.29, 1.82) is 0 Å². The maximum absolute atomic E-state index is 12.8. The highest BCUT2D eigenvalue weighted by Gasteiger charge is 2.27. The second-order valence-corrected chi connectivity index (χ2v) is 7.03. The molecule has 0 saturated carbocycles. The summed E-state index contributed by atoms with van der Waals surface area (Å²) in [5.41, 5.74) is 0.924. The molecule has 1 amide bonds. The zero-order valence-corrected chi connectivity index (χ0v) is 16.4. The minimum atomic E-state index is -0.622. The first-order valence-corrected chi connectivity index (χ1v) is 9.53. The Morgan fingerprint density at radius 2 is 1.86 bits per heavy atom. The van der Waals surface area contributed by atoms with E-state index in [2.05, 4.69) is 14.9 Å². The van der Waals surface area contributed by atoms with Crippen LogP contribution in [-0.4, -0.2) is 53.1 Å². The fourth-order valence-electron chi connectivity index (χ4n) is 3.46. The molecule has 3 aromatic rings. The summed E-state index contributed by atoms with van der Waals surface area (Å²) in [5, 5.41) is 0.790. The van der Waals surface area contributed by atoms with Crippen LogP contribution in [0.1, 0.15) is 12.5 Å². The summed E-state index contributed by atoms with van der Waals surface area (Å²) in [4.78, 5) is 36.7. The molecular formula is C21H22N4O4. The minimum Gasteiger partial charge on any atom is -0.481 e. The van der Waals surface area contributed by atoms with Gasteiger partial charge in [0, 0.05) is 50.0 Å². The van der Waals surface area contributed by atoms with Gasteiger partial charge < -0.3 is 19.0 Å². The van der Waals surface area contributed by atoms with E-state index in [0.717, 1.165) is 10.9 Å². The number of amides is 1. The lowest BCUT2D eigenvalue weighted by atomic mass is 10.1. The third kappa shape index (κ3) is 4.06. The third-order valence-corrected chi connectivity index (χ3v) is 5.01. The lowest BCUT2D eigenvalue weighted by molar-refractivity contribution is -0.138. The Labute approximate surface area is 167 Å². The highest BCUT2D eigenvalue weighted by atomic mass is 16.5. The number of aryl methyl sites for hydroxylation is 1. The molecule has 0 bridgehead atoms. The van der Waals surface area contributed by atoms with Gasteiger partial charge in [0.25, 0.3) is 5.91 Å². The number of carbonyl (C=O) groups is 1. The normalized spacial score (nSPS) is 15.4. The molecule has 1 fully saturated rings. The van der Waals surface area contributed by atoms with Crippen LogP contribution in [0.15, 0.2) is 51.9 Å². The average molecular weight is 394 g/mol. The van der Waals surface area contributed by atoms with Crippen LogP contribution in [0.2, 0.25) is 0 Å². The maximum atomic E-state index is 12.8. The van der Waals surface area contributed by atoms with Crippen molar-refractivity contribution in [2.24, 2.45) is 0 Å². The number of carbonyl (C=O) groups excluding carboxylic acids is 1. The summed E-state index contributed by atoms with van der Waals surface area (Å²) in [5.74, 6) is 1.18. The largest absolute Gasteiger partial charge is 0.481 e. The first-order valence-electron chi connectivity index (χ1n) is 9.53. The van der Waals surface area contributed by atoms with E-state index in [1.807, 2.05) is 6.92 Å². The molecule has 0 radical (unpaired) electrons. The molecule has 4 rings (SSSR count). The zero-order chi connectivity index (χ0) is 20.4. The van der Waals surface area contributed by atoms with E-state index in [1.54, 1.807) is 48.5 Å². The van der Waals surface area contributed by atoms with E-state index in [1.165, 1.54) is 6.07 Å². The summed E-state index contributed by atoms with van der Waals surface area (Å²) in [7, 11) is 0. The lowest BCUT2D eigenvalue weighted by Crippen LogP contribution is -2.52. The molecule has 1 atom stereocenters. The van der Waals surface area contributed by atoms with E-state index < -0.39 is 6.10 Å². The number of hydrogen-bond donors (Lipinski definition) is 0. The average Bonchev–Trinajstić information content (AvgIpc) is 2.74. The van der Waals surface area contributed by atoms with Gasteiger partial charge in [-0.3, -0.25) is 4.79 Å². The number of piperazine rings is 1. The van der Waals surface area contributed by atoms with Crippen LogP contribution < -0.4 is 15.3 Å². The molecule has 29 heavy (non-hydrogen) atoms. The molecule has 150 valence electrons. The molecule has 2 aromatic heterocycles. The number of nitrogens with zero attached hydrogens (tertiary/aromatic N) is 4. The number of anilines is 1. The zero-order valence-electron chi connectivity index (χ0n) is 16.4. The topological polar surface area (TPSA) is 88.8 Å².